The monoisotopic (exact) mass is 412 g/mol. The molecule has 1 aliphatic heterocycles. The van der Waals surface area contributed by atoms with E-state index in [9.17, 15) is 14.4 Å². The Balaban J connectivity index is 1.58. The van der Waals surface area contributed by atoms with E-state index in [2.05, 4.69) is 10.6 Å². The second-order valence-corrected chi connectivity index (χ2v) is 7.02. The van der Waals surface area contributed by atoms with Gasteiger partial charge in [0.15, 0.2) is 11.5 Å². The third kappa shape index (κ3) is 5.73. The zero-order valence-corrected chi connectivity index (χ0v) is 16.8. The van der Waals surface area contributed by atoms with Crippen molar-refractivity contribution in [3.05, 3.63) is 59.7 Å². The van der Waals surface area contributed by atoms with Crippen molar-refractivity contribution in [2.75, 3.05) is 13.3 Å². The highest BCUT2D eigenvalue weighted by atomic mass is 16.7. The number of hydrogen-bond donors (Lipinski definition) is 2. The van der Waals surface area contributed by atoms with Gasteiger partial charge in [-0.2, -0.15) is 0 Å². The highest BCUT2D eigenvalue weighted by molar-refractivity contribution is 5.97. The molecule has 0 bridgehead atoms. The molecule has 30 heavy (non-hydrogen) atoms. The van der Waals surface area contributed by atoms with Gasteiger partial charge in [0, 0.05) is 5.56 Å². The fraction of sp³-hybridized carbons (Fsp3) is 0.318. The molecule has 1 aliphatic rings. The van der Waals surface area contributed by atoms with E-state index in [1.807, 2.05) is 30.3 Å². The van der Waals surface area contributed by atoms with Gasteiger partial charge in [0.05, 0.1) is 25.1 Å². The van der Waals surface area contributed by atoms with Crippen molar-refractivity contribution in [2.24, 2.45) is 0 Å². The lowest BCUT2D eigenvalue weighted by atomic mass is 10.0. The molecule has 2 aromatic carbocycles. The fourth-order valence-electron chi connectivity index (χ4n) is 2.96. The SMILES string of the molecule is CC(C)OC(=O)CC(NC(=O)CNC(=O)c1ccc2c(c1)OCO2)c1ccccc1. The summed E-state index contributed by atoms with van der Waals surface area (Å²) in [5.41, 5.74) is 1.13. The predicted octanol–water partition coefficient (Wildman–Crippen LogP) is 2.34. The van der Waals surface area contributed by atoms with Crippen LogP contribution in [0.1, 0.15) is 42.2 Å². The van der Waals surface area contributed by atoms with Gasteiger partial charge in [-0.05, 0) is 37.6 Å². The molecule has 8 nitrogen and oxygen atoms in total. The number of ether oxygens (including phenoxy) is 3. The molecule has 1 atom stereocenters. The first kappa shape index (κ1) is 21.2. The Morgan fingerprint density at radius 1 is 1.03 bits per heavy atom. The van der Waals surface area contributed by atoms with E-state index in [0.717, 1.165) is 5.56 Å². The number of rotatable bonds is 8. The number of esters is 1. The summed E-state index contributed by atoms with van der Waals surface area (Å²) in [4.78, 5) is 36.9. The average molecular weight is 412 g/mol. The molecular formula is C22H24N2O6. The van der Waals surface area contributed by atoms with E-state index in [4.69, 9.17) is 14.2 Å². The summed E-state index contributed by atoms with van der Waals surface area (Å²) in [5.74, 6) is -0.194. The van der Waals surface area contributed by atoms with Crippen LogP contribution in [0, 0.1) is 0 Å². The minimum atomic E-state index is -0.563. The van der Waals surface area contributed by atoms with E-state index in [-0.39, 0.29) is 25.9 Å². The van der Waals surface area contributed by atoms with Crippen LogP contribution in [-0.2, 0) is 14.3 Å². The molecule has 158 valence electrons. The Labute approximate surface area is 174 Å². The zero-order valence-electron chi connectivity index (χ0n) is 16.8. The molecule has 1 unspecified atom stereocenters. The maximum absolute atomic E-state index is 12.4. The largest absolute Gasteiger partial charge is 0.463 e. The van der Waals surface area contributed by atoms with Crippen molar-refractivity contribution >= 4 is 17.8 Å². The second kappa shape index (κ2) is 9.78. The van der Waals surface area contributed by atoms with E-state index >= 15 is 0 Å². The molecule has 8 heteroatoms. The van der Waals surface area contributed by atoms with Crippen molar-refractivity contribution < 1.29 is 28.6 Å². The summed E-state index contributed by atoms with van der Waals surface area (Å²) in [7, 11) is 0. The zero-order chi connectivity index (χ0) is 21.5. The van der Waals surface area contributed by atoms with Crippen LogP contribution in [0.5, 0.6) is 11.5 Å². The minimum absolute atomic E-state index is 0.00988. The topological polar surface area (TPSA) is 103 Å². The summed E-state index contributed by atoms with van der Waals surface area (Å²) in [5, 5.41) is 5.36. The summed E-state index contributed by atoms with van der Waals surface area (Å²) in [6.45, 7) is 3.40. The van der Waals surface area contributed by atoms with Crippen LogP contribution in [0.15, 0.2) is 48.5 Å². The highest BCUT2D eigenvalue weighted by Gasteiger charge is 2.21. The van der Waals surface area contributed by atoms with Gasteiger partial charge in [-0.25, -0.2) is 0 Å². The summed E-state index contributed by atoms with van der Waals surface area (Å²) in [6.07, 6.45) is -0.255. The quantitative estimate of drug-likeness (QED) is 0.645. The van der Waals surface area contributed by atoms with Gasteiger partial charge >= 0.3 is 5.97 Å². The maximum Gasteiger partial charge on any atom is 0.308 e. The highest BCUT2D eigenvalue weighted by Crippen LogP contribution is 2.32. The Kier molecular flexibility index (Phi) is 6.90. The van der Waals surface area contributed by atoms with Crippen LogP contribution in [0.3, 0.4) is 0 Å². The van der Waals surface area contributed by atoms with Gasteiger partial charge in [0.25, 0.3) is 5.91 Å². The number of benzene rings is 2. The summed E-state index contributed by atoms with van der Waals surface area (Å²) >= 11 is 0. The number of hydrogen-bond acceptors (Lipinski definition) is 6. The lowest BCUT2D eigenvalue weighted by Gasteiger charge is -2.19. The van der Waals surface area contributed by atoms with Crippen LogP contribution < -0.4 is 20.1 Å². The third-order valence-corrected chi connectivity index (χ3v) is 4.32. The summed E-state index contributed by atoms with van der Waals surface area (Å²) < 4.78 is 15.7. The van der Waals surface area contributed by atoms with Crippen molar-refractivity contribution in [3.8, 4) is 11.5 Å². The van der Waals surface area contributed by atoms with Crippen molar-refractivity contribution in [1.29, 1.82) is 0 Å². The Morgan fingerprint density at radius 3 is 2.50 bits per heavy atom. The van der Waals surface area contributed by atoms with Crippen LogP contribution >= 0.6 is 0 Å². The van der Waals surface area contributed by atoms with Crippen LogP contribution in [0.2, 0.25) is 0 Å². The van der Waals surface area contributed by atoms with E-state index in [1.54, 1.807) is 32.0 Å². The fourth-order valence-corrected chi connectivity index (χ4v) is 2.96. The van der Waals surface area contributed by atoms with Gasteiger partial charge in [-0.15, -0.1) is 0 Å². The van der Waals surface area contributed by atoms with Gasteiger partial charge in [0.1, 0.15) is 0 Å². The Bertz CT molecular complexity index is 913. The normalized spacial score (nSPS) is 12.9. The molecule has 2 N–H and O–H groups in total. The third-order valence-electron chi connectivity index (χ3n) is 4.32. The molecule has 0 spiro atoms. The molecule has 0 aliphatic carbocycles. The predicted molar refractivity (Wildman–Crippen MR) is 108 cm³/mol. The first-order chi connectivity index (χ1) is 14.4. The van der Waals surface area contributed by atoms with Crippen LogP contribution in [0.25, 0.3) is 0 Å². The maximum atomic E-state index is 12.4. The van der Waals surface area contributed by atoms with Gasteiger partial charge < -0.3 is 24.8 Å². The number of carbonyl (C=O) groups excluding carboxylic acids is 3. The van der Waals surface area contributed by atoms with Crippen molar-refractivity contribution in [2.45, 2.75) is 32.4 Å². The molecule has 3 rings (SSSR count). The number of nitrogens with one attached hydrogen (secondary N) is 2. The van der Waals surface area contributed by atoms with Gasteiger partial charge in [-0.3, -0.25) is 14.4 Å². The van der Waals surface area contributed by atoms with Gasteiger partial charge in [0.2, 0.25) is 12.7 Å². The van der Waals surface area contributed by atoms with Gasteiger partial charge in [-0.1, -0.05) is 30.3 Å². The van der Waals surface area contributed by atoms with E-state index in [1.165, 1.54) is 0 Å². The van der Waals surface area contributed by atoms with E-state index < -0.39 is 23.8 Å². The second-order valence-electron chi connectivity index (χ2n) is 7.02. The number of amides is 2. The number of fused-ring (bicyclic) bond motifs is 1. The molecule has 0 saturated heterocycles. The lowest BCUT2D eigenvalue weighted by molar-refractivity contribution is -0.148. The standard InChI is InChI=1S/C22H24N2O6/c1-14(2)30-21(26)11-17(15-6-4-3-5-7-15)24-20(25)12-23-22(27)16-8-9-18-19(10-16)29-13-28-18/h3-10,14,17H,11-13H2,1-2H3,(H,23,27)(H,24,25). The molecule has 0 radical (unpaired) electrons. The molecule has 2 amide bonds. The molecule has 1 heterocycles. The smallest absolute Gasteiger partial charge is 0.308 e. The molecule has 2 aromatic rings. The molecule has 0 aromatic heterocycles. The Hall–Kier alpha value is -3.55. The van der Waals surface area contributed by atoms with Crippen LogP contribution in [-0.4, -0.2) is 37.2 Å². The van der Waals surface area contributed by atoms with Crippen molar-refractivity contribution in [3.63, 3.8) is 0 Å². The first-order valence-electron chi connectivity index (χ1n) is 9.64. The first-order valence-corrected chi connectivity index (χ1v) is 9.64. The Morgan fingerprint density at radius 2 is 1.77 bits per heavy atom. The molecule has 0 saturated carbocycles. The lowest BCUT2D eigenvalue weighted by Crippen LogP contribution is -2.39. The number of carbonyl (C=O) groups is 3. The van der Waals surface area contributed by atoms with Crippen molar-refractivity contribution in [1.82, 2.24) is 10.6 Å². The summed E-state index contributed by atoms with van der Waals surface area (Å²) in [6, 6.07) is 13.4. The average Bonchev–Trinajstić information content (AvgIpc) is 3.19. The van der Waals surface area contributed by atoms with E-state index in [0.29, 0.717) is 17.1 Å². The molecular weight excluding hydrogens is 388 g/mol. The van der Waals surface area contributed by atoms with Crippen LogP contribution in [0.4, 0.5) is 0 Å². The minimum Gasteiger partial charge on any atom is -0.463 e. The molecule has 0 fully saturated rings.